The molecule has 0 saturated heterocycles. The van der Waals surface area contributed by atoms with Crippen LogP contribution in [-0.2, 0) is 45.0 Å². The van der Waals surface area contributed by atoms with Crippen LogP contribution in [0.4, 0.5) is 0 Å². The van der Waals surface area contributed by atoms with Crippen molar-refractivity contribution in [3.05, 3.63) is 144 Å². The van der Waals surface area contributed by atoms with E-state index in [0.717, 1.165) is 0 Å². The van der Waals surface area contributed by atoms with Gasteiger partial charge in [0.1, 0.15) is 0 Å². The fraction of sp³-hybridized carbons (Fsp3) is 0.385. The van der Waals surface area contributed by atoms with Gasteiger partial charge in [-0.25, -0.2) is 0 Å². The summed E-state index contributed by atoms with van der Waals surface area (Å²) in [6.45, 7) is 39.6. The summed E-state index contributed by atoms with van der Waals surface area (Å²) in [4.78, 5) is 0. The molecule has 0 amide bonds. The van der Waals surface area contributed by atoms with Gasteiger partial charge in [0.15, 0.2) is 0 Å². The van der Waals surface area contributed by atoms with Gasteiger partial charge in [-0.1, -0.05) is 156 Å². The van der Waals surface area contributed by atoms with Gasteiger partial charge in [-0.3, -0.25) is 0 Å². The molecule has 0 saturated carbocycles. The Morgan fingerprint density at radius 2 is 0.661 bits per heavy atom. The Kier molecular flexibility index (Phi) is 19.4. The molecule has 0 N–H and O–H groups in total. The molecule has 0 spiro atoms. The number of hydrogen-bond acceptors (Lipinski definition) is 0. The molecule has 4 heteroatoms. The molecule has 0 heterocycles. The number of fused-ring (bicyclic) bond motifs is 2. The monoisotopic (exact) mass is 882 g/mol. The van der Waals surface area contributed by atoms with Crippen LogP contribution in [0.5, 0.6) is 0 Å². The molecule has 304 valence electrons. The van der Waals surface area contributed by atoms with E-state index in [9.17, 15) is 0 Å². The standard InChI is InChI=1S/2C25H31.2CH3.2ClH.Si.Zr/c2*1-16-11-18-10-9-17(2)23(22(18)12-16)19-13-20(24(3,4)5)15-21(14-19)25(6,7)8;;;;;;/h2*9-15H,1-8H3;2*1H3;2*1H;;/q4*-1;;;;. The maximum absolute atomic E-state index is 3.06. The first-order chi connectivity index (χ1) is 23.9. The molecule has 0 aromatic heterocycles. The molecule has 0 aliphatic heterocycles. The van der Waals surface area contributed by atoms with Crippen molar-refractivity contribution in [2.24, 2.45) is 0 Å². The van der Waals surface area contributed by atoms with Crippen LogP contribution >= 0.6 is 24.8 Å². The minimum atomic E-state index is 0. The third-order valence-corrected chi connectivity index (χ3v) is 10.4. The Morgan fingerprint density at radius 1 is 0.411 bits per heavy atom. The second-order valence-electron chi connectivity index (χ2n) is 19.2. The molecule has 6 rings (SSSR count). The first-order valence-corrected chi connectivity index (χ1v) is 23.0. The van der Waals surface area contributed by atoms with Crippen LogP contribution in [0.15, 0.2) is 84.9 Å². The summed E-state index contributed by atoms with van der Waals surface area (Å²) in [5.41, 5.74) is 17.1. The summed E-state index contributed by atoms with van der Waals surface area (Å²) in [6.07, 6.45) is 0. The number of benzene rings is 4. The number of rotatable bonds is 2. The van der Waals surface area contributed by atoms with E-state index in [1.165, 1.54) is 112 Å². The Hall–Kier alpha value is -2.22. The van der Waals surface area contributed by atoms with Crippen molar-refractivity contribution in [3.63, 3.8) is 0 Å². The summed E-state index contributed by atoms with van der Waals surface area (Å²) in [7, 11) is 0. The fourth-order valence-electron chi connectivity index (χ4n) is 7.12. The van der Waals surface area contributed by atoms with Gasteiger partial charge in [-0.15, -0.1) is 93.9 Å². The molecular weight excluding hydrogens is 815 g/mol. The zero-order valence-corrected chi connectivity index (χ0v) is 43.0. The van der Waals surface area contributed by atoms with E-state index in [4.69, 9.17) is 0 Å². The van der Waals surface area contributed by atoms with Gasteiger partial charge < -0.3 is 14.9 Å². The van der Waals surface area contributed by atoms with Gasteiger partial charge in [0.05, 0.1) is 0 Å². The van der Waals surface area contributed by atoms with Crippen LogP contribution in [0.1, 0.15) is 128 Å². The SMILES string of the molecule is Cc1cc2c(-c3cc(C(C)(C)C)cc(C(C)(C)C)c3)c(C)ccc2[cH-]1.Cc1cc2c(-c3cc(C(C)(C)C)cc(C(C)(C)C)c3)c(C)ccc2[cH-]1.Cl.Cl.[CH3-].[CH3-].[Si]=[Zr]. The molecule has 0 aliphatic rings. The topological polar surface area (TPSA) is 0 Å². The normalized spacial score (nSPS) is 11.5. The zero-order valence-electron chi connectivity index (χ0n) is 37.9. The summed E-state index contributed by atoms with van der Waals surface area (Å²) in [5, 5.41) is 5.44. The number of aryl methyl sites for hydroxylation is 4. The van der Waals surface area contributed by atoms with Crippen LogP contribution in [0.3, 0.4) is 0 Å². The van der Waals surface area contributed by atoms with Crippen molar-refractivity contribution in [1.29, 1.82) is 0 Å². The molecular formula is C52H70Cl2SiZr-4. The molecule has 0 unspecified atom stereocenters. The van der Waals surface area contributed by atoms with Crippen molar-refractivity contribution < 1.29 is 23.3 Å². The van der Waals surface area contributed by atoms with Crippen molar-refractivity contribution in [2.45, 2.75) is 132 Å². The maximum atomic E-state index is 3.06. The summed E-state index contributed by atoms with van der Waals surface area (Å²) in [6, 6.07) is 32.7. The van der Waals surface area contributed by atoms with Crippen LogP contribution in [0.25, 0.3) is 43.8 Å². The molecule has 0 atom stereocenters. The van der Waals surface area contributed by atoms with Gasteiger partial charge in [0, 0.05) is 0 Å². The number of halogens is 2. The van der Waals surface area contributed by atoms with Gasteiger partial charge in [0.25, 0.3) is 0 Å². The second-order valence-corrected chi connectivity index (χ2v) is 19.2. The van der Waals surface area contributed by atoms with E-state index in [1.54, 1.807) is 0 Å². The van der Waals surface area contributed by atoms with E-state index >= 15 is 0 Å². The molecule has 56 heavy (non-hydrogen) atoms. The molecule has 0 aliphatic carbocycles. The predicted molar refractivity (Wildman–Crippen MR) is 257 cm³/mol. The fourth-order valence-corrected chi connectivity index (χ4v) is 7.12. The molecule has 6 aromatic rings. The predicted octanol–water partition coefficient (Wildman–Crippen LogP) is 16.2. The van der Waals surface area contributed by atoms with Crippen molar-refractivity contribution >= 4 is 53.2 Å². The Balaban J connectivity index is 0.000000968. The van der Waals surface area contributed by atoms with Crippen LogP contribution < -0.4 is 0 Å². The van der Waals surface area contributed by atoms with Gasteiger partial charge in [-0.05, 0) is 68.9 Å². The van der Waals surface area contributed by atoms with Crippen LogP contribution in [-0.4, -0.2) is 6.88 Å². The summed E-state index contributed by atoms with van der Waals surface area (Å²) < 4.78 is 0. The molecule has 0 fully saturated rings. The summed E-state index contributed by atoms with van der Waals surface area (Å²) >= 11 is 1.36. The van der Waals surface area contributed by atoms with Gasteiger partial charge in [0.2, 0.25) is 0 Å². The molecule has 0 bridgehead atoms. The minimum absolute atomic E-state index is 0. The van der Waals surface area contributed by atoms with Crippen molar-refractivity contribution in [3.8, 4) is 22.3 Å². The van der Waals surface area contributed by atoms with E-state index in [0.29, 0.717) is 0 Å². The molecule has 6 aromatic carbocycles. The zero-order chi connectivity index (χ0) is 39.1. The van der Waals surface area contributed by atoms with E-state index < -0.39 is 0 Å². The second kappa shape index (κ2) is 20.2. The van der Waals surface area contributed by atoms with E-state index in [2.05, 4.69) is 203 Å². The van der Waals surface area contributed by atoms with Crippen LogP contribution in [0.2, 0.25) is 0 Å². The average Bonchev–Trinajstić information content (AvgIpc) is 3.60. The Labute approximate surface area is 372 Å². The first-order valence-electron chi connectivity index (χ1n) is 18.8. The number of hydrogen-bond donors (Lipinski definition) is 0. The van der Waals surface area contributed by atoms with Crippen molar-refractivity contribution in [1.82, 2.24) is 0 Å². The Bertz CT molecular complexity index is 1980. The van der Waals surface area contributed by atoms with E-state index in [1.807, 2.05) is 0 Å². The Morgan fingerprint density at radius 3 is 0.893 bits per heavy atom. The van der Waals surface area contributed by atoms with Crippen molar-refractivity contribution in [2.75, 3.05) is 0 Å². The average molecular weight is 885 g/mol. The third kappa shape index (κ3) is 12.4. The summed E-state index contributed by atoms with van der Waals surface area (Å²) in [5.74, 6) is 0. The quantitative estimate of drug-likeness (QED) is 0.120. The van der Waals surface area contributed by atoms with E-state index in [-0.39, 0.29) is 61.3 Å². The van der Waals surface area contributed by atoms with Crippen LogP contribution in [0, 0.1) is 42.5 Å². The molecule has 2 radical (unpaired) electrons. The van der Waals surface area contributed by atoms with Gasteiger partial charge >= 0.3 is 30.2 Å². The third-order valence-electron chi connectivity index (χ3n) is 10.4. The molecule has 0 nitrogen and oxygen atoms in total. The van der Waals surface area contributed by atoms with Gasteiger partial charge in [-0.2, -0.15) is 12.1 Å². The first kappa shape index (κ1) is 53.8.